The molecule has 0 aromatic carbocycles. The zero-order valence-corrected chi connectivity index (χ0v) is 21.4. The quantitative estimate of drug-likeness (QED) is 0.163. The molecule has 9 heteroatoms. The first kappa shape index (κ1) is 32.2. The van der Waals surface area contributed by atoms with Gasteiger partial charge >= 0.3 is 59.1 Å². The molecule has 1 N–H and O–H groups in total. The normalized spacial score (nSPS) is 14.3. The van der Waals surface area contributed by atoms with E-state index in [4.69, 9.17) is 0 Å². The number of aliphatic imine (C=N–C) groups is 1. The molecule has 0 bridgehead atoms. The van der Waals surface area contributed by atoms with Gasteiger partial charge in [0.2, 0.25) is 0 Å². The van der Waals surface area contributed by atoms with Gasteiger partial charge < -0.3 is 25.3 Å². The van der Waals surface area contributed by atoms with Crippen LogP contribution >= 0.6 is 0 Å². The average molecular weight is 402 g/mol. The topological polar surface area (TPSA) is 123 Å². The van der Waals surface area contributed by atoms with Crippen LogP contribution in [0.2, 0.25) is 0 Å². The largest absolute Gasteiger partial charge is 1.00 e. The van der Waals surface area contributed by atoms with Gasteiger partial charge in [0.05, 0.1) is 18.5 Å². The van der Waals surface area contributed by atoms with E-state index in [1.165, 1.54) is 44.9 Å². The number of rotatable bonds is 14. The van der Waals surface area contributed by atoms with Crippen LogP contribution in [0.15, 0.2) is 4.99 Å². The van der Waals surface area contributed by atoms with Crippen LogP contribution in [0.3, 0.4) is 0 Å². The first-order chi connectivity index (χ1) is 11.5. The second-order valence-electron chi connectivity index (χ2n) is 6.81. The van der Waals surface area contributed by atoms with Crippen LogP contribution in [0, 0.1) is 0 Å². The van der Waals surface area contributed by atoms with Crippen molar-refractivity contribution in [2.45, 2.75) is 71.1 Å². The number of unbranched alkanes of at least 4 members (excludes halogenated alkanes) is 8. The second kappa shape index (κ2) is 18.6. The van der Waals surface area contributed by atoms with Gasteiger partial charge in [0.15, 0.2) is 5.84 Å². The van der Waals surface area contributed by atoms with E-state index < -0.39 is 11.9 Å². The molecular formula is C18H32N2Na2O5. The fraction of sp³-hybridized carbons (Fsp3) is 0.833. The van der Waals surface area contributed by atoms with Gasteiger partial charge in [-0.25, -0.2) is 4.99 Å². The van der Waals surface area contributed by atoms with Crippen molar-refractivity contribution in [3.05, 3.63) is 0 Å². The summed E-state index contributed by atoms with van der Waals surface area (Å²) < 4.78 is -0.123. The fourth-order valence-electron chi connectivity index (χ4n) is 3.45. The predicted octanol–water partition coefficient (Wildman–Crippen LogP) is -5.53. The van der Waals surface area contributed by atoms with Gasteiger partial charge in [0.25, 0.3) is 0 Å². The number of hydrogen-bond donors (Lipinski definition) is 0. The molecule has 27 heavy (non-hydrogen) atoms. The molecule has 0 amide bonds. The summed E-state index contributed by atoms with van der Waals surface area (Å²) in [7, 11) is 0. The number of carbonyl (C=O) groups excluding carboxylic acids is 2. The maximum atomic E-state index is 11.0. The van der Waals surface area contributed by atoms with E-state index in [2.05, 4.69) is 11.9 Å². The molecular weight excluding hydrogens is 370 g/mol. The first-order valence-electron chi connectivity index (χ1n) is 9.30. The Balaban J connectivity index is -0.00000192. The Morgan fingerprint density at radius 2 is 1.33 bits per heavy atom. The van der Waals surface area contributed by atoms with Crippen LogP contribution in [0.1, 0.15) is 71.1 Å². The third-order valence-electron chi connectivity index (χ3n) is 4.74. The summed E-state index contributed by atoms with van der Waals surface area (Å²) in [6.07, 6.45) is 11.5. The molecule has 1 aliphatic heterocycles. The number of carbonyl (C=O) groups is 2. The molecule has 0 atom stereocenters. The van der Waals surface area contributed by atoms with Crippen molar-refractivity contribution < 1.29 is 88.9 Å². The van der Waals surface area contributed by atoms with Crippen LogP contribution in [0.25, 0.3) is 0 Å². The first-order valence-corrected chi connectivity index (χ1v) is 9.30. The Labute approximate surface area is 207 Å². The molecule has 0 spiro atoms. The van der Waals surface area contributed by atoms with Gasteiger partial charge in [0.1, 0.15) is 19.6 Å². The molecule has 0 saturated carbocycles. The van der Waals surface area contributed by atoms with Crippen LogP contribution in [-0.4, -0.2) is 53.9 Å². The van der Waals surface area contributed by atoms with Crippen molar-refractivity contribution in [1.29, 1.82) is 0 Å². The maximum absolute atomic E-state index is 11.0. The van der Waals surface area contributed by atoms with E-state index in [1.54, 1.807) is 0 Å². The maximum Gasteiger partial charge on any atom is 1.00 e. The third kappa shape index (κ3) is 13.4. The molecule has 0 aromatic rings. The van der Waals surface area contributed by atoms with Crippen molar-refractivity contribution in [3.8, 4) is 0 Å². The summed E-state index contributed by atoms with van der Waals surface area (Å²) in [6.45, 7) is 2.45. The molecule has 0 aromatic heterocycles. The van der Waals surface area contributed by atoms with Crippen molar-refractivity contribution in [2.24, 2.45) is 4.99 Å². The SMILES string of the molecule is CCCCCCCCCCCC1=NCC[N+]1(CC(=O)[O-])CC(=O)[O-].[Na+].[Na+].[OH-]. The summed E-state index contributed by atoms with van der Waals surface area (Å²) >= 11 is 0. The van der Waals surface area contributed by atoms with E-state index in [0.717, 1.165) is 12.8 Å². The molecule has 1 heterocycles. The zero-order chi connectivity index (χ0) is 17.8. The van der Waals surface area contributed by atoms with Gasteiger partial charge in [-0.1, -0.05) is 58.3 Å². The Morgan fingerprint density at radius 1 is 0.889 bits per heavy atom. The summed E-state index contributed by atoms with van der Waals surface area (Å²) in [4.78, 5) is 26.4. The molecule has 0 saturated heterocycles. The van der Waals surface area contributed by atoms with Crippen LogP contribution < -0.4 is 69.3 Å². The second-order valence-corrected chi connectivity index (χ2v) is 6.81. The minimum atomic E-state index is -1.24. The van der Waals surface area contributed by atoms with Crippen molar-refractivity contribution >= 4 is 17.8 Å². The Hall–Kier alpha value is 0.530. The summed E-state index contributed by atoms with van der Waals surface area (Å²) in [6, 6.07) is 0. The Kier molecular flexibility index (Phi) is 22.1. The predicted molar refractivity (Wildman–Crippen MR) is 91.0 cm³/mol. The van der Waals surface area contributed by atoms with E-state index in [1.807, 2.05) is 0 Å². The Morgan fingerprint density at radius 3 is 1.78 bits per heavy atom. The van der Waals surface area contributed by atoms with E-state index in [9.17, 15) is 19.8 Å². The van der Waals surface area contributed by atoms with E-state index >= 15 is 0 Å². The molecule has 0 radical (unpaired) electrons. The summed E-state index contributed by atoms with van der Waals surface area (Å²) in [5.41, 5.74) is 0. The molecule has 1 aliphatic rings. The number of quaternary nitrogens is 1. The van der Waals surface area contributed by atoms with Crippen LogP contribution in [0.5, 0.6) is 0 Å². The Bertz CT molecular complexity index is 431. The molecule has 0 unspecified atom stereocenters. The molecule has 0 fully saturated rings. The van der Waals surface area contributed by atoms with Crippen LogP contribution in [-0.2, 0) is 9.59 Å². The fourth-order valence-corrected chi connectivity index (χ4v) is 3.45. The van der Waals surface area contributed by atoms with Crippen molar-refractivity contribution in [1.82, 2.24) is 0 Å². The van der Waals surface area contributed by atoms with Crippen molar-refractivity contribution in [2.75, 3.05) is 26.2 Å². The molecule has 1 rings (SSSR count). The minimum Gasteiger partial charge on any atom is -0.870 e. The number of hydrogen-bond acceptors (Lipinski definition) is 6. The minimum absolute atomic E-state index is 0. The van der Waals surface area contributed by atoms with Crippen LogP contribution in [0.4, 0.5) is 0 Å². The number of nitrogens with zero attached hydrogens (tertiary/aromatic N) is 2. The smallest absolute Gasteiger partial charge is 0.870 e. The summed E-state index contributed by atoms with van der Waals surface area (Å²) in [5.74, 6) is -1.79. The van der Waals surface area contributed by atoms with E-state index in [0.29, 0.717) is 25.3 Å². The standard InChI is InChI=1S/C18H32N2O4.2Na.H2O/c1-2-3-4-5-6-7-8-9-10-11-16-19-12-13-20(16,14-17(21)22)15-18(23)24;;;/h2-15H2,1H3,(H-,21,22,23,24);;;1H2/q;2*+1;/p-2. The monoisotopic (exact) mass is 402 g/mol. The van der Waals surface area contributed by atoms with Gasteiger partial charge in [-0.2, -0.15) is 0 Å². The molecule has 146 valence electrons. The summed E-state index contributed by atoms with van der Waals surface area (Å²) in [5, 5.41) is 22.0. The van der Waals surface area contributed by atoms with Gasteiger partial charge in [-0.05, 0) is 6.42 Å². The van der Waals surface area contributed by atoms with Gasteiger partial charge in [0, 0.05) is 6.42 Å². The van der Waals surface area contributed by atoms with Gasteiger partial charge in [-0.3, -0.25) is 4.48 Å². The average Bonchev–Trinajstić information content (AvgIpc) is 2.86. The van der Waals surface area contributed by atoms with E-state index in [-0.39, 0.29) is 82.2 Å². The number of carboxylic acids is 2. The zero-order valence-electron chi connectivity index (χ0n) is 17.4. The van der Waals surface area contributed by atoms with Crippen molar-refractivity contribution in [3.63, 3.8) is 0 Å². The number of amidine groups is 1. The number of carboxylic acid groups (broad SMARTS) is 2. The number of aliphatic carboxylic acids is 2. The van der Waals surface area contributed by atoms with Gasteiger partial charge in [-0.15, -0.1) is 0 Å². The molecule has 7 nitrogen and oxygen atoms in total. The molecule has 0 aliphatic carbocycles. The third-order valence-corrected chi connectivity index (χ3v) is 4.74.